The SMILES string of the molecule is CCc1cc(Br)ccc1OCCC(=O)O. The highest BCUT2D eigenvalue weighted by atomic mass is 79.9. The first-order valence-corrected chi connectivity index (χ1v) is 5.55. The maximum Gasteiger partial charge on any atom is 0.306 e. The Bertz CT molecular complexity index is 350. The summed E-state index contributed by atoms with van der Waals surface area (Å²) >= 11 is 3.38. The van der Waals surface area contributed by atoms with Crippen LogP contribution in [0.2, 0.25) is 0 Å². The molecule has 1 aromatic rings. The molecule has 0 atom stereocenters. The average molecular weight is 273 g/mol. The fraction of sp³-hybridized carbons (Fsp3) is 0.364. The topological polar surface area (TPSA) is 46.5 Å². The minimum atomic E-state index is -0.842. The van der Waals surface area contributed by atoms with Crippen molar-refractivity contribution in [3.63, 3.8) is 0 Å². The van der Waals surface area contributed by atoms with E-state index in [0.29, 0.717) is 0 Å². The number of carboxylic acid groups (broad SMARTS) is 1. The van der Waals surface area contributed by atoms with Crippen LogP contribution in [0, 0.1) is 0 Å². The van der Waals surface area contributed by atoms with Gasteiger partial charge in [0.25, 0.3) is 0 Å². The van der Waals surface area contributed by atoms with Crippen LogP contribution in [0.3, 0.4) is 0 Å². The monoisotopic (exact) mass is 272 g/mol. The molecule has 0 aliphatic rings. The van der Waals surface area contributed by atoms with E-state index in [4.69, 9.17) is 9.84 Å². The number of benzene rings is 1. The van der Waals surface area contributed by atoms with Crippen molar-refractivity contribution in [2.45, 2.75) is 19.8 Å². The summed E-state index contributed by atoms with van der Waals surface area (Å²) in [7, 11) is 0. The second-order valence-electron chi connectivity index (χ2n) is 3.10. The van der Waals surface area contributed by atoms with E-state index in [1.165, 1.54) is 0 Å². The van der Waals surface area contributed by atoms with Gasteiger partial charge in [0, 0.05) is 4.47 Å². The molecule has 0 saturated heterocycles. The van der Waals surface area contributed by atoms with Gasteiger partial charge < -0.3 is 9.84 Å². The third-order valence-corrected chi connectivity index (χ3v) is 2.47. The summed E-state index contributed by atoms with van der Waals surface area (Å²) < 4.78 is 6.40. The third kappa shape index (κ3) is 3.91. The van der Waals surface area contributed by atoms with Gasteiger partial charge in [-0.15, -0.1) is 0 Å². The summed E-state index contributed by atoms with van der Waals surface area (Å²) in [4.78, 5) is 10.3. The van der Waals surface area contributed by atoms with Crippen LogP contribution in [0.15, 0.2) is 22.7 Å². The number of halogens is 1. The smallest absolute Gasteiger partial charge is 0.306 e. The first-order valence-electron chi connectivity index (χ1n) is 4.76. The van der Waals surface area contributed by atoms with E-state index in [2.05, 4.69) is 15.9 Å². The minimum absolute atomic E-state index is 0.0270. The first kappa shape index (κ1) is 12.0. The third-order valence-electron chi connectivity index (χ3n) is 1.98. The van der Waals surface area contributed by atoms with Gasteiger partial charge in [-0.3, -0.25) is 4.79 Å². The van der Waals surface area contributed by atoms with Crippen LogP contribution in [-0.4, -0.2) is 17.7 Å². The van der Waals surface area contributed by atoms with Gasteiger partial charge in [0.15, 0.2) is 0 Å². The Hall–Kier alpha value is -1.03. The van der Waals surface area contributed by atoms with Crippen LogP contribution in [0.4, 0.5) is 0 Å². The molecule has 1 aromatic carbocycles. The number of hydrogen-bond donors (Lipinski definition) is 1. The molecule has 1 N–H and O–H groups in total. The molecule has 0 fully saturated rings. The number of carbonyl (C=O) groups is 1. The molecule has 82 valence electrons. The van der Waals surface area contributed by atoms with Crippen molar-refractivity contribution < 1.29 is 14.6 Å². The predicted molar refractivity (Wildman–Crippen MR) is 61.3 cm³/mol. The number of rotatable bonds is 5. The molecule has 0 heterocycles. The average Bonchev–Trinajstić information content (AvgIpc) is 2.19. The zero-order valence-electron chi connectivity index (χ0n) is 8.50. The fourth-order valence-electron chi connectivity index (χ4n) is 1.21. The van der Waals surface area contributed by atoms with E-state index >= 15 is 0 Å². The molecule has 1 rings (SSSR count). The summed E-state index contributed by atoms with van der Waals surface area (Å²) in [6.07, 6.45) is 0.890. The Balaban J connectivity index is 2.63. The maximum atomic E-state index is 10.3. The van der Waals surface area contributed by atoms with Gasteiger partial charge in [-0.25, -0.2) is 0 Å². The van der Waals surface area contributed by atoms with Crippen molar-refractivity contribution in [1.29, 1.82) is 0 Å². The molecule has 0 radical (unpaired) electrons. The molecule has 15 heavy (non-hydrogen) atoms. The summed E-state index contributed by atoms with van der Waals surface area (Å²) in [5, 5.41) is 8.47. The lowest BCUT2D eigenvalue weighted by Gasteiger charge is -2.09. The molecule has 0 spiro atoms. The Kier molecular flexibility index (Phi) is 4.62. The fourth-order valence-corrected chi connectivity index (χ4v) is 1.62. The summed E-state index contributed by atoms with van der Waals surface area (Å²) in [6, 6.07) is 5.72. The van der Waals surface area contributed by atoms with Crippen LogP contribution in [0.25, 0.3) is 0 Å². The quantitative estimate of drug-likeness (QED) is 0.897. The lowest BCUT2D eigenvalue weighted by atomic mass is 10.1. The van der Waals surface area contributed by atoms with Gasteiger partial charge >= 0.3 is 5.97 Å². The molecule has 0 unspecified atom stereocenters. The first-order chi connectivity index (χ1) is 7.13. The highest BCUT2D eigenvalue weighted by Gasteiger charge is 2.04. The lowest BCUT2D eigenvalue weighted by molar-refractivity contribution is -0.137. The zero-order valence-corrected chi connectivity index (χ0v) is 10.1. The van der Waals surface area contributed by atoms with Crippen LogP contribution in [0.5, 0.6) is 5.75 Å². The van der Waals surface area contributed by atoms with E-state index in [-0.39, 0.29) is 13.0 Å². The molecule has 3 nitrogen and oxygen atoms in total. The normalized spacial score (nSPS) is 10.0. The summed E-state index contributed by atoms with van der Waals surface area (Å²) in [5.41, 5.74) is 1.08. The second kappa shape index (κ2) is 5.75. The number of aliphatic carboxylic acids is 1. The highest BCUT2D eigenvalue weighted by molar-refractivity contribution is 9.10. The van der Waals surface area contributed by atoms with Crippen molar-refractivity contribution in [3.05, 3.63) is 28.2 Å². The number of hydrogen-bond acceptors (Lipinski definition) is 2. The van der Waals surface area contributed by atoms with Crippen molar-refractivity contribution in [1.82, 2.24) is 0 Å². The van der Waals surface area contributed by atoms with Gasteiger partial charge in [0.2, 0.25) is 0 Å². The molecule has 0 aromatic heterocycles. The Labute approximate surface area is 97.2 Å². The number of aryl methyl sites for hydroxylation is 1. The Morgan fingerprint density at radius 2 is 2.27 bits per heavy atom. The second-order valence-corrected chi connectivity index (χ2v) is 4.01. The highest BCUT2D eigenvalue weighted by Crippen LogP contribution is 2.23. The van der Waals surface area contributed by atoms with E-state index in [9.17, 15) is 4.79 Å². The van der Waals surface area contributed by atoms with Crippen molar-refractivity contribution >= 4 is 21.9 Å². The molecular formula is C11H13BrO3. The van der Waals surface area contributed by atoms with E-state index in [1.807, 2.05) is 25.1 Å². The minimum Gasteiger partial charge on any atom is -0.493 e. The Morgan fingerprint density at radius 1 is 1.53 bits per heavy atom. The molecule has 0 aliphatic carbocycles. The zero-order chi connectivity index (χ0) is 11.3. The number of carboxylic acids is 1. The largest absolute Gasteiger partial charge is 0.493 e. The Morgan fingerprint density at radius 3 is 2.87 bits per heavy atom. The van der Waals surface area contributed by atoms with Crippen molar-refractivity contribution in [2.24, 2.45) is 0 Å². The molecular weight excluding hydrogens is 260 g/mol. The van der Waals surface area contributed by atoms with Crippen LogP contribution in [-0.2, 0) is 11.2 Å². The molecule has 0 bridgehead atoms. The molecule has 0 amide bonds. The van der Waals surface area contributed by atoms with E-state index in [0.717, 1.165) is 22.2 Å². The van der Waals surface area contributed by atoms with Crippen LogP contribution < -0.4 is 4.74 Å². The summed E-state index contributed by atoms with van der Waals surface area (Å²) in [6.45, 7) is 2.25. The standard InChI is InChI=1S/C11H13BrO3/c1-2-8-7-9(12)3-4-10(8)15-6-5-11(13)14/h3-4,7H,2,5-6H2,1H3,(H,13,14). The van der Waals surface area contributed by atoms with Crippen molar-refractivity contribution in [2.75, 3.05) is 6.61 Å². The van der Waals surface area contributed by atoms with Gasteiger partial charge in [0.1, 0.15) is 5.75 Å². The van der Waals surface area contributed by atoms with Crippen LogP contribution >= 0.6 is 15.9 Å². The van der Waals surface area contributed by atoms with E-state index in [1.54, 1.807) is 0 Å². The molecule has 4 heteroatoms. The maximum absolute atomic E-state index is 10.3. The van der Waals surface area contributed by atoms with Crippen LogP contribution in [0.1, 0.15) is 18.9 Å². The summed E-state index contributed by atoms with van der Waals surface area (Å²) in [5.74, 6) is -0.0767. The van der Waals surface area contributed by atoms with Gasteiger partial charge in [-0.2, -0.15) is 0 Å². The van der Waals surface area contributed by atoms with Gasteiger partial charge in [-0.1, -0.05) is 22.9 Å². The van der Waals surface area contributed by atoms with E-state index < -0.39 is 5.97 Å². The van der Waals surface area contributed by atoms with Crippen molar-refractivity contribution in [3.8, 4) is 5.75 Å². The number of ether oxygens (including phenoxy) is 1. The van der Waals surface area contributed by atoms with Gasteiger partial charge in [-0.05, 0) is 30.2 Å². The van der Waals surface area contributed by atoms with Gasteiger partial charge in [0.05, 0.1) is 13.0 Å². The lowest BCUT2D eigenvalue weighted by Crippen LogP contribution is -2.05. The molecule has 0 saturated carbocycles. The predicted octanol–water partition coefficient (Wildman–Crippen LogP) is 2.87. The molecule has 0 aliphatic heterocycles.